The van der Waals surface area contributed by atoms with Gasteiger partial charge in [-0.2, -0.15) is 0 Å². The van der Waals surface area contributed by atoms with E-state index in [1.807, 2.05) is 0 Å². The van der Waals surface area contributed by atoms with Gasteiger partial charge in [0.05, 0.1) is 5.02 Å². The van der Waals surface area contributed by atoms with Crippen molar-refractivity contribution >= 4 is 38.9 Å². The Kier molecular flexibility index (Phi) is 4.13. The molecule has 0 aliphatic heterocycles. The van der Waals surface area contributed by atoms with Gasteiger partial charge in [-0.05, 0) is 48.9 Å². The van der Waals surface area contributed by atoms with Gasteiger partial charge in [-0.25, -0.2) is 8.42 Å². The minimum Gasteiger partial charge on any atom is -0.508 e. The first kappa shape index (κ1) is 15.0. The van der Waals surface area contributed by atoms with Crippen molar-refractivity contribution in [3.8, 4) is 5.75 Å². The molecular weight excluding hydrogens is 321 g/mol. The molecule has 0 aliphatic carbocycles. The Balaban J connectivity index is 2.40. The molecular formula is C13H11Cl2NO3S. The number of hydrogen-bond acceptors (Lipinski definition) is 3. The first-order valence-electron chi connectivity index (χ1n) is 5.57. The summed E-state index contributed by atoms with van der Waals surface area (Å²) in [5.41, 5.74) is 0.939. The van der Waals surface area contributed by atoms with E-state index in [0.29, 0.717) is 16.3 Å². The van der Waals surface area contributed by atoms with E-state index >= 15 is 0 Å². The Hall–Kier alpha value is -1.43. The maximum Gasteiger partial charge on any atom is 0.263 e. The minimum atomic E-state index is -3.82. The third kappa shape index (κ3) is 3.17. The lowest BCUT2D eigenvalue weighted by molar-refractivity contribution is 0.475. The number of anilines is 1. The van der Waals surface area contributed by atoms with Crippen LogP contribution in [0.2, 0.25) is 10.0 Å². The monoisotopic (exact) mass is 331 g/mol. The van der Waals surface area contributed by atoms with Crippen LogP contribution in [0.5, 0.6) is 5.75 Å². The average molecular weight is 332 g/mol. The maximum absolute atomic E-state index is 12.3. The molecule has 0 heterocycles. The molecule has 0 radical (unpaired) electrons. The molecule has 0 aromatic heterocycles. The van der Waals surface area contributed by atoms with Crippen molar-refractivity contribution < 1.29 is 13.5 Å². The highest BCUT2D eigenvalue weighted by atomic mass is 35.5. The molecule has 2 aromatic rings. The number of phenols is 1. The second-order valence-corrected chi connectivity index (χ2v) is 6.65. The number of aryl methyl sites for hydroxylation is 1. The van der Waals surface area contributed by atoms with Crippen LogP contribution in [-0.2, 0) is 10.0 Å². The second-order valence-electron chi connectivity index (χ2n) is 4.18. The van der Waals surface area contributed by atoms with E-state index in [4.69, 9.17) is 23.2 Å². The van der Waals surface area contributed by atoms with E-state index in [1.165, 1.54) is 36.4 Å². The zero-order valence-corrected chi connectivity index (χ0v) is 12.7. The molecule has 20 heavy (non-hydrogen) atoms. The average Bonchev–Trinajstić information content (AvgIpc) is 2.36. The molecule has 0 aliphatic rings. The van der Waals surface area contributed by atoms with Gasteiger partial charge in [-0.1, -0.05) is 23.2 Å². The number of sulfonamides is 1. The fourth-order valence-electron chi connectivity index (χ4n) is 1.58. The highest BCUT2D eigenvalue weighted by Crippen LogP contribution is 2.29. The molecule has 2 N–H and O–H groups in total. The number of halogens is 2. The van der Waals surface area contributed by atoms with Gasteiger partial charge in [0.25, 0.3) is 10.0 Å². The summed E-state index contributed by atoms with van der Waals surface area (Å²) < 4.78 is 26.9. The molecule has 2 aromatic carbocycles. The van der Waals surface area contributed by atoms with Crippen molar-refractivity contribution in [1.29, 1.82) is 0 Å². The Labute approximate surface area is 127 Å². The largest absolute Gasteiger partial charge is 0.508 e. The van der Waals surface area contributed by atoms with Crippen molar-refractivity contribution in [3.05, 3.63) is 52.0 Å². The summed E-state index contributed by atoms with van der Waals surface area (Å²) in [6.45, 7) is 1.69. The normalized spacial score (nSPS) is 11.3. The van der Waals surface area contributed by atoms with Gasteiger partial charge in [-0.15, -0.1) is 0 Å². The van der Waals surface area contributed by atoms with E-state index in [2.05, 4.69) is 4.72 Å². The molecule has 0 saturated carbocycles. The van der Waals surface area contributed by atoms with Crippen LogP contribution in [0.15, 0.2) is 41.3 Å². The SMILES string of the molecule is Cc1cc(S(=O)(=O)Nc2ccc(O)cc2)c(Cl)cc1Cl. The predicted octanol–water partition coefficient (Wildman–Crippen LogP) is 3.81. The summed E-state index contributed by atoms with van der Waals surface area (Å²) in [4.78, 5) is -0.0471. The molecule has 0 amide bonds. The van der Waals surface area contributed by atoms with Crippen LogP contribution >= 0.6 is 23.2 Å². The highest BCUT2D eigenvalue weighted by Gasteiger charge is 2.19. The topological polar surface area (TPSA) is 66.4 Å². The third-order valence-electron chi connectivity index (χ3n) is 2.62. The van der Waals surface area contributed by atoms with Crippen LogP contribution in [0.3, 0.4) is 0 Å². The van der Waals surface area contributed by atoms with Crippen molar-refractivity contribution in [2.45, 2.75) is 11.8 Å². The fourth-order valence-corrected chi connectivity index (χ4v) is 3.47. The molecule has 0 saturated heterocycles. The standard InChI is InChI=1S/C13H11Cl2NO3S/c1-8-6-13(12(15)7-11(8)14)20(18,19)16-9-2-4-10(17)5-3-9/h2-7,16-17H,1H3. The fraction of sp³-hybridized carbons (Fsp3) is 0.0769. The van der Waals surface area contributed by atoms with Crippen molar-refractivity contribution in [3.63, 3.8) is 0 Å². The number of aromatic hydroxyl groups is 1. The summed E-state index contributed by atoms with van der Waals surface area (Å²) in [7, 11) is -3.82. The number of hydrogen-bond donors (Lipinski definition) is 2. The van der Waals surface area contributed by atoms with E-state index in [1.54, 1.807) is 6.92 Å². The molecule has 0 atom stereocenters. The van der Waals surface area contributed by atoms with Gasteiger partial charge in [0, 0.05) is 10.7 Å². The Bertz CT molecular complexity index is 743. The molecule has 0 spiro atoms. The van der Waals surface area contributed by atoms with Crippen LogP contribution in [0, 0.1) is 6.92 Å². The van der Waals surface area contributed by atoms with Gasteiger partial charge in [-0.3, -0.25) is 4.72 Å². The molecule has 2 rings (SSSR count). The lowest BCUT2D eigenvalue weighted by Gasteiger charge is -2.11. The van der Waals surface area contributed by atoms with E-state index in [0.717, 1.165) is 0 Å². The number of benzene rings is 2. The van der Waals surface area contributed by atoms with Gasteiger partial charge in [0.2, 0.25) is 0 Å². The van der Waals surface area contributed by atoms with Crippen molar-refractivity contribution in [1.82, 2.24) is 0 Å². The second kappa shape index (κ2) is 5.52. The Morgan fingerprint density at radius 3 is 2.25 bits per heavy atom. The molecule has 4 nitrogen and oxygen atoms in total. The van der Waals surface area contributed by atoms with E-state index < -0.39 is 10.0 Å². The minimum absolute atomic E-state index is 0.0471. The van der Waals surface area contributed by atoms with Gasteiger partial charge >= 0.3 is 0 Å². The first-order valence-corrected chi connectivity index (χ1v) is 7.81. The van der Waals surface area contributed by atoms with Crippen LogP contribution < -0.4 is 4.72 Å². The van der Waals surface area contributed by atoms with Crippen LogP contribution in [0.4, 0.5) is 5.69 Å². The summed E-state index contributed by atoms with van der Waals surface area (Å²) in [6.07, 6.45) is 0. The lowest BCUT2D eigenvalue weighted by Crippen LogP contribution is -2.13. The lowest BCUT2D eigenvalue weighted by atomic mass is 10.2. The van der Waals surface area contributed by atoms with Gasteiger partial charge < -0.3 is 5.11 Å². The van der Waals surface area contributed by atoms with Crippen LogP contribution in [0.25, 0.3) is 0 Å². The predicted molar refractivity (Wildman–Crippen MR) is 80.1 cm³/mol. The Morgan fingerprint density at radius 2 is 1.65 bits per heavy atom. The summed E-state index contributed by atoms with van der Waals surface area (Å²) in [6, 6.07) is 8.46. The maximum atomic E-state index is 12.3. The molecule has 0 fully saturated rings. The summed E-state index contributed by atoms with van der Waals surface area (Å²) in [5.74, 6) is 0.0494. The zero-order chi connectivity index (χ0) is 14.9. The quantitative estimate of drug-likeness (QED) is 0.840. The summed E-state index contributed by atoms with van der Waals surface area (Å²) >= 11 is 11.8. The van der Waals surface area contributed by atoms with E-state index in [-0.39, 0.29) is 15.7 Å². The molecule has 0 bridgehead atoms. The molecule has 0 unspecified atom stereocenters. The molecule has 7 heteroatoms. The van der Waals surface area contributed by atoms with Crippen LogP contribution in [0.1, 0.15) is 5.56 Å². The number of nitrogens with one attached hydrogen (secondary N) is 1. The number of phenolic OH excluding ortho intramolecular Hbond substituents is 1. The third-order valence-corrected chi connectivity index (χ3v) is 4.88. The smallest absolute Gasteiger partial charge is 0.263 e. The number of rotatable bonds is 3. The van der Waals surface area contributed by atoms with Crippen LogP contribution in [-0.4, -0.2) is 13.5 Å². The van der Waals surface area contributed by atoms with Gasteiger partial charge in [0.1, 0.15) is 10.6 Å². The van der Waals surface area contributed by atoms with Crippen molar-refractivity contribution in [2.24, 2.45) is 0 Å². The zero-order valence-electron chi connectivity index (χ0n) is 10.4. The highest BCUT2D eigenvalue weighted by molar-refractivity contribution is 7.92. The summed E-state index contributed by atoms with van der Waals surface area (Å²) in [5, 5.41) is 9.62. The molecule has 106 valence electrons. The first-order chi connectivity index (χ1) is 9.29. The van der Waals surface area contributed by atoms with Crippen molar-refractivity contribution in [2.75, 3.05) is 4.72 Å². The Morgan fingerprint density at radius 1 is 1.05 bits per heavy atom. The van der Waals surface area contributed by atoms with Gasteiger partial charge in [0.15, 0.2) is 0 Å². The van der Waals surface area contributed by atoms with E-state index in [9.17, 15) is 13.5 Å².